The van der Waals surface area contributed by atoms with Gasteiger partial charge in [-0.2, -0.15) is 0 Å². The second-order valence-corrected chi connectivity index (χ2v) is 6.96. The van der Waals surface area contributed by atoms with Crippen LogP contribution >= 0.6 is 0 Å². The monoisotopic (exact) mass is 382 g/mol. The van der Waals surface area contributed by atoms with Crippen LogP contribution in [0.2, 0.25) is 0 Å². The van der Waals surface area contributed by atoms with Crippen LogP contribution in [-0.2, 0) is 4.79 Å². The van der Waals surface area contributed by atoms with E-state index in [1.54, 1.807) is 24.3 Å². The molecule has 0 spiro atoms. The molecular formula is C21H19FN2O4. The molecule has 1 unspecified atom stereocenters. The molecule has 0 aromatic heterocycles. The van der Waals surface area contributed by atoms with E-state index in [1.807, 2.05) is 0 Å². The van der Waals surface area contributed by atoms with E-state index in [2.05, 4.69) is 0 Å². The lowest BCUT2D eigenvalue weighted by Gasteiger charge is -2.32. The molecule has 0 radical (unpaired) electrons. The molecule has 2 aliphatic rings. The van der Waals surface area contributed by atoms with Crippen LogP contribution in [0.25, 0.3) is 0 Å². The number of carbonyl (C=O) groups is 3. The number of aliphatic hydroxyl groups excluding tert-OH is 1. The van der Waals surface area contributed by atoms with Crippen molar-refractivity contribution in [3.63, 3.8) is 0 Å². The van der Waals surface area contributed by atoms with Crippen molar-refractivity contribution in [1.29, 1.82) is 0 Å². The zero-order valence-corrected chi connectivity index (χ0v) is 15.1. The summed E-state index contributed by atoms with van der Waals surface area (Å²) in [6, 6.07) is 10.7. The molecule has 144 valence electrons. The van der Waals surface area contributed by atoms with Crippen molar-refractivity contribution in [2.24, 2.45) is 0 Å². The summed E-state index contributed by atoms with van der Waals surface area (Å²) >= 11 is 0. The van der Waals surface area contributed by atoms with Crippen molar-refractivity contribution in [2.75, 3.05) is 18.0 Å². The Kier molecular flexibility index (Phi) is 4.68. The predicted octanol–water partition coefficient (Wildman–Crippen LogP) is 2.67. The van der Waals surface area contributed by atoms with Gasteiger partial charge in [0.15, 0.2) is 0 Å². The molecule has 7 heteroatoms. The molecule has 2 aliphatic heterocycles. The molecule has 6 nitrogen and oxygen atoms in total. The average Bonchev–Trinajstić information content (AvgIpc) is 2.93. The van der Waals surface area contributed by atoms with E-state index < -0.39 is 11.9 Å². The smallest absolute Gasteiger partial charge is 0.261 e. The summed E-state index contributed by atoms with van der Waals surface area (Å²) in [6.45, 7) is 0.497. The molecule has 0 saturated carbocycles. The van der Waals surface area contributed by atoms with Gasteiger partial charge in [-0.15, -0.1) is 0 Å². The SMILES string of the molecule is O=C1c2ccccc2C(=O)N1CCCC(=O)N1CCC(O)c2cc(F)ccc21. The first kappa shape index (κ1) is 18.3. The van der Waals surface area contributed by atoms with Crippen LogP contribution in [0.4, 0.5) is 10.1 Å². The van der Waals surface area contributed by atoms with Gasteiger partial charge in [-0.25, -0.2) is 4.39 Å². The van der Waals surface area contributed by atoms with Gasteiger partial charge in [0.25, 0.3) is 11.8 Å². The van der Waals surface area contributed by atoms with Crippen molar-refractivity contribution < 1.29 is 23.9 Å². The molecule has 0 fully saturated rings. The number of hydrogen-bond acceptors (Lipinski definition) is 4. The maximum Gasteiger partial charge on any atom is 0.261 e. The van der Waals surface area contributed by atoms with E-state index in [0.29, 0.717) is 41.8 Å². The molecule has 1 N–H and O–H groups in total. The maximum absolute atomic E-state index is 13.5. The van der Waals surface area contributed by atoms with Gasteiger partial charge in [0.05, 0.1) is 17.2 Å². The fourth-order valence-corrected chi connectivity index (χ4v) is 3.79. The molecule has 0 bridgehead atoms. The standard InChI is InChI=1S/C21H19FN2O4/c22-13-7-8-17-16(12-13)18(25)9-11-23(17)19(26)6-3-10-24-20(27)14-4-1-2-5-15(14)21(24)28/h1-2,4-5,7-8,12,18,25H,3,6,9-11H2. The number of amides is 3. The minimum absolute atomic E-state index is 0.139. The molecule has 2 aromatic rings. The Labute approximate surface area is 161 Å². The van der Waals surface area contributed by atoms with E-state index >= 15 is 0 Å². The number of imide groups is 1. The molecule has 0 aliphatic carbocycles. The Hall–Kier alpha value is -3.06. The topological polar surface area (TPSA) is 77.9 Å². The third kappa shape index (κ3) is 3.07. The Balaban J connectivity index is 1.41. The Morgan fingerprint density at radius 3 is 2.46 bits per heavy atom. The fourth-order valence-electron chi connectivity index (χ4n) is 3.79. The van der Waals surface area contributed by atoms with E-state index in [1.165, 1.54) is 28.0 Å². The Bertz CT molecular complexity index is 940. The number of halogens is 1. The van der Waals surface area contributed by atoms with E-state index in [4.69, 9.17) is 0 Å². The van der Waals surface area contributed by atoms with Gasteiger partial charge < -0.3 is 10.0 Å². The summed E-state index contributed by atoms with van der Waals surface area (Å²) in [5.41, 5.74) is 1.69. The highest BCUT2D eigenvalue weighted by Crippen LogP contribution is 2.34. The number of benzene rings is 2. The van der Waals surface area contributed by atoms with Crippen molar-refractivity contribution >= 4 is 23.4 Å². The van der Waals surface area contributed by atoms with Crippen molar-refractivity contribution in [1.82, 2.24) is 4.90 Å². The van der Waals surface area contributed by atoms with Gasteiger partial charge in [-0.3, -0.25) is 19.3 Å². The van der Waals surface area contributed by atoms with Crippen LogP contribution in [0, 0.1) is 5.82 Å². The highest BCUT2D eigenvalue weighted by molar-refractivity contribution is 6.21. The van der Waals surface area contributed by atoms with Crippen LogP contribution in [0.1, 0.15) is 51.6 Å². The summed E-state index contributed by atoms with van der Waals surface area (Å²) in [5, 5.41) is 10.1. The normalized spacial score (nSPS) is 18.3. The van der Waals surface area contributed by atoms with Crippen LogP contribution in [0.15, 0.2) is 42.5 Å². The molecular weight excluding hydrogens is 363 g/mol. The first-order valence-corrected chi connectivity index (χ1v) is 9.20. The van der Waals surface area contributed by atoms with E-state index in [0.717, 1.165) is 0 Å². The summed E-state index contributed by atoms with van der Waals surface area (Å²) in [7, 11) is 0. The van der Waals surface area contributed by atoms with Crippen LogP contribution in [0.5, 0.6) is 0 Å². The number of aliphatic hydroxyl groups is 1. The highest BCUT2D eigenvalue weighted by atomic mass is 19.1. The van der Waals surface area contributed by atoms with E-state index in [9.17, 15) is 23.9 Å². The molecule has 0 saturated heterocycles. The number of anilines is 1. The van der Waals surface area contributed by atoms with Gasteiger partial charge in [-0.05, 0) is 43.2 Å². The minimum atomic E-state index is -0.798. The summed E-state index contributed by atoms with van der Waals surface area (Å²) in [6.07, 6.45) is 0.00829. The second-order valence-electron chi connectivity index (χ2n) is 6.96. The Morgan fingerprint density at radius 2 is 1.79 bits per heavy atom. The number of carbonyl (C=O) groups excluding carboxylic acids is 3. The zero-order valence-electron chi connectivity index (χ0n) is 15.1. The lowest BCUT2D eigenvalue weighted by atomic mass is 9.98. The van der Waals surface area contributed by atoms with Crippen LogP contribution < -0.4 is 4.90 Å². The van der Waals surface area contributed by atoms with Crippen molar-refractivity contribution in [3.8, 4) is 0 Å². The molecule has 4 rings (SSSR count). The van der Waals surface area contributed by atoms with Gasteiger partial charge in [0.2, 0.25) is 5.91 Å². The summed E-state index contributed by atoms with van der Waals surface area (Å²) < 4.78 is 13.5. The molecule has 2 heterocycles. The lowest BCUT2D eigenvalue weighted by Crippen LogP contribution is -2.37. The van der Waals surface area contributed by atoms with Crippen molar-refractivity contribution in [2.45, 2.75) is 25.4 Å². The third-order valence-electron chi connectivity index (χ3n) is 5.22. The van der Waals surface area contributed by atoms with Gasteiger partial charge in [-0.1, -0.05) is 12.1 Å². The summed E-state index contributed by atoms with van der Waals surface area (Å²) in [5.74, 6) is -1.32. The molecule has 3 amide bonds. The molecule has 2 aromatic carbocycles. The second kappa shape index (κ2) is 7.16. The number of hydrogen-bond donors (Lipinski definition) is 1. The van der Waals surface area contributed by atoms with Crippen molar-refractivity contribution in [3.05, 3.63) is 65.0 Å². The lowest BCUT2D eigenvalue weighted by molar-refractivity contribution is -0.119. The van der Waals surface area contributed by atoms with Gasteiger partial charge in [0.1, 0.15) is 5.82 Å². The third-order valence-corrected chi connectivity index (χ3v) is 5.22. The largest absolute Gasteiger partial charge is 0.388 e. The van der Waals surface area contributed by atoms with Gasteiger partial charge >= 0.3 is 0 Å². The number of rotatable bonds is 4. The van der Waals surface area contributed by atoms with Crippen LogP contribution in [0.3, 0.4) is 0 Å². The molecule has 1 atom stereocenters. The van der Waals surface area contributed by atoms with E-state index in [-0.39, 0.29) is 30.7 Å². The summed E-state index contributed by atoms with van der Waals surface area (Å²) in [4.78, 5) is 40.1. The maximum atomic E-state index is 13.5. The minimum Gasteiger partial charge on any atom is -0.388 e. The van der Waals surface area contributed by atoms with Gasteiger partial charge in [0, 0.05) is 30.8 Å². The van der Waals surface area contributed by atoms with Crippen LogP contribution in [-0.4, -0.2) is 40.8 Å². The predicted molar refractivity (Wildman–Crippen MR) is 99.4 cm³/mol. The highest BCUT2D eigenvalue weighted by Gasteiger charge is 2.35. The Morgan fingerprint density at radius 1 is 1.11 bits per heavy atom. The number of fused-ring (bicyclic) bond motifs is 2. The average molecular weight is 382 g/mol. The molecule has 28 heavy (non-hydrogen) atoms. The first-order chi connectivity index (χ1) is 13.5. The fraction of sp³-hybridized carbons (Fsp3) is 0.286. The zero-order chi connectivity index (χ0) is 19.8. The first-order valence-electron chi connectivity index (χ1n) is 9.20. The number of nitrogens with zero attached hydrogens (tertiary/aromatic N) is 2. The quantitative estimate of drug-likeness (QED) is 0.825.